The second-order valence-corrected chi connectivity index (χ2v) is 5.67. The second kappa shape index (κ2) is 7.04. The lowest BCUT2D eigenvalue weighted by molar-refractivity contribution is -0.125. The molecule has 2 aliphatic rings. The van der Waals surface area contributed by atoms with Crippen molar-refractivity contribution in [3.8, 4) is 0 Å². The highest BCUT2D eigenvalue weighted by Crippen LogP contribution is 2.26. The largest absolute Gasteiger partial charge is 0.338 e. The molecule has 2 aliphatic heterocycles. The Labute approximate surface area is 120 Å². The van der Waals surface area contributed by atoms with E-state index in [4.69, 9.17) is 0 Å². The fourth-order valence-electron chi connectivity index (χ4n) is 3.34. The third kappa shape index (κ3) is 3.49. The quantitative estimate of drug-likeness (QED) is 0.699. The fourth-order valence-corrected chi connectivity index (χ4v) is 3.34. The minimum Gasteiger partial charge on any atom is -0.338 e. The summed E-state index contributed by atoms with van der Waals surface area (Å²) in [6, 6.07) is 0.260. The number of hydrogen-bond donors (Lipinski definition) is 3. The van der Waals surface area contributed by atoms with E-state index >= 15 is 0 Å². The van der Waals surface area contributed by atoms with Crippen LogP contribution in [-0.2, 0) is 4.79 Å². The summed E-state index contributed by atoms with van der Waals surface area (Å²) in [6.07, 6.45) is 4.67. The third-order valence-corrected chi connectivity index (χ3v) is 4.36. The molecule has 3 atom stereocenters. The number of amides is 3. The molecule has 0 aromatic rings. The Morgan fingerprint density at radius 3 is 2.80 bits per heavy atom. The van der Waals surface area contributed by atoms with Crippen LogP contribution in [0.1, 0.15) is 39.5 Å². The molecule has 2 fully saturated rings. The zero-order chi connectivity index (χ0) is 14.5. The van der Waals surface area contributed by atoms with Crippen molar-refractivity contribution in [1.29, 1.82) is 0 Å². The molecule has 3 unspecified atom stereocenters. The van der Waals surface area contributed by atoms with Crippen molar-refractivity contribution in [2.75, 3.05) is 19.6 Å². The number of hydrogen-bond acceptors (Lipinski definition) is 4. The zero-order valence-electron chi connectivity index (χ0n) is 12.4. The Morgan fingerprint density at radius 2 is 2.15 bits per heavy atom. The van der Waals surface area contributed by atoms with Crippen LogP contribution in [0.2, 0.25) is 0 Å². The number of rotatable bonds is 4. The van der Waals surface area contributed by atoms with E-state index in [1.54, 1.807) is 0 Å². The first-order valence-corrected chi connectivity index (χ1v) is 7.71. The molecule has 0 aromatic carbocycles. The highest BCUT2D eigenvalue weighted by molar-refractivity contribution is 5.96. The SMILES string of the molecule is CCNC(=O)NC(=O)C(C)N1CCCC1C1CCCN1. The van der Waals surface area contributed by atoms with Gasteiger partial charge in [0.05, 0.1) is 6.04 Å². The van der Waals surface area contributed by atoms with Crippen LogP contribution < -0.4 is 16.0 Å². The lowest BCUT2D eigenvalue weighted by Gasteiger charge is -2.33. The molecular formula is C14H26N4O2. The minimum absolute atomic E-state index is 0.208. The molecule has 2 heterocycles. The molecule has 3 amide bonds. The predicted octanol–water partition coefficient (Wildman–Crippen LogP) is 0.437. The van der Waals surface area contributed by atoms with E-state index in [0.717, 1.165) is 25.9 Å². The summed E-state index contributed by atoms with van der Waals surface area (Å²) >= 11 is 0. The maximum Gasteiger partial charge on any atom is 0.321 e. The van der Waals surface area contributed by atoms with Crippen LogP contribution in [0, 0.1) is 0 Å². The molecule has 20 heavy (non-hydrogen) atoms. The normalized spacial score (nSPS) is 28.3. The standard InChI is InChI=1S/C14H26N4O2/c1-3-15-14(20)17-13(19)10(2)18-9-5-7-12(18)11-6-4-8-16-11/h10-12,16H,3-9H2,1-2H3,(H2,15,17,19,20). The van der Waals surface area contributed by atoms with Gasteiger partial charge in [-0.05, 0) is 52.6 Å². The highest BCUT2D eigenvalue weighted by atomic mass is 16.2. The molecule has 0 saturated carbocycles. The Kier molecular flexibility index (Phi) is 5.37. The van der Waals surface area contributed by atoms with Crippen LogP contribution in [0.15, 0.2) is 0 Å². The fraction of sp³-hybridized carbons (Fsp3) is 0.857. The minimum atomic E-state index is -0.404. The van der Waals surface area contributed by atoms with Gasteiger partial charge in [-0.3, -0.25) is 15.0 Å². The van der Waals surface area contributed by atoms with Crippen LogP contribution >= 0.6 is 0 Å². The maximum absolute atomic E-state index is 12.1. The summed E-state index contributed by atoms with van der Waals surface area (Å²) in [6.45, 7) is 6.25. The number of carbonyl (C=O) groups is 2. The van der Waals surface area contributed by atoms with E-state index in [1.807, 2.05) is 13.8 Å². The average molecular weight is 282 g/mol. The van der Waals surface area contributed by atoms with Gasteiger partial charge in [0, 0.05) is 18.6 Å². The van der Waals surface area contributed by atoms with Crippen molar-refractivity contribution >= 4 is 11.9 Å². The molecule has 6 heteroatoms. The van der Waals surface area contributed by atoms with Crippen LogP contribution in [0.3, 0.4) is 0 Å². The van der Waals surface area contributed by atoms with Crippen LogP contribution in [0.25, 0.3) is 0 Å². The summed E-state index contributed by atoms with van der Waals surface area (Å²) in [5.74, 6) is -0.208. The second-order valence-electron chi connectivity index (χ2n) is 5.67. The summed E-state index contributed by atoms with van der Waals surface area (Å²) in [5.41, 5.74) is 0. The Morgan fingerprint density at radius 1 is 1.35 bits per heavy atom. The van der Waals surface area contributed by atoms with Crippen molar-refractivity contribution in [3.63, 3.8) is 0 Å². The first-order chi connectivity index (χ1) is 9.63. The van der Waals surface area contributed by atoms with E-state index in [-0.39, 0.29) is 11.9 Å². The van der Waals surface area contributed by atoms with Gasteiger partial charge < -0.3 is 10.6 Å². The lowest BCUT2D eigenvalue weighted by atomic mass is 10.0. The number of likely N-dealkylation sites (tertiary alicyclic amines) is 1. The summed E-state index contributed by atoms with van der Waals surface area (Å²) in [7, 11) is 0. The molecular weight excluding hydrogens is 256 g/mol. The van der Waals surface area contributed by atoms with Crippen LogP contribution in [-0.4, -0.2) is 54.6 Å². The molecule has 2 saturated heterocycles. The van der Waals surface area contributed by atoms with E-state index in [0.29, 0.717) is 18.6 Å². The van der Waals surface area contributed by atoms with Crippen molar-refractivity contribution in [2.24, 2.45) is 0 Å². The van der Waals surface area contributed by atoms with Gasteiger partial charge >= 0.3 is 6.03 Å². The monoisotopic (exact) mass is 282 g/mol. The van der Waals surface area contributed by atoms with Crippen molar-refractivity contribution in [2.45, 2.75) is 57.7 Å². The molecule has 0 bridgehead atoms. The van der Waals surface area contributed by atoms with Crippen LogP contribution in [0.4, 0.5) is 4.79 Å². The molecule has 0 spiro atoms. The van der Waals surface area contributed by atoms with Crippen molar-refractivity contribution < 1.29 is 9.59 Å². The molecule has 0 aliphatic carbocycles. The van der Waals surface area contributed by atoms with Crippen molar-refractivity contribution in [1.82, 2.24) is 20.9 Å². The predicted molar refractivity (Wildman–Crippen MR) is 77.4 cm³/mol. The summed E-state index contributed by atoms with van der Waals surface area (Å²) in [5, 5.41) is 8.53. The zero-order valence-corrected chi connectivity index (χ0v) is 12.4. The van der Waals surface area contributed by atoms with Gasteiger partial charge in [0.25, 0.3) is 0 Å². The van der Waals surface area contributed by atoms with Gasteiger partial charge in [-0.15, -0.1) is 0 Å². The van der Waals surface area contributed by atoms with E-state index in [9.17, 15) is 9.59 Å². The molecule has 0 aromatic heterocycles. The summed E-state index contributed by atoms with van der Waals surface area (Å²) < 4.78 is 0. The maximum atomic E-state index is 12.1. The average Bonchev–Trinajstić information content (AvgIpc) is 3.08. The topological polar surface area (TPSA) is 73.5 Å². The first kappa shape index (κ1) is 15.3. The highest BCUT2D eigenvalue weighted by Gasteiger charge is 2.37. The number of nitrogens with zero attached hydrogens (tertiary/aromatic N) is 1. The number of nitrogens with one attached hydrogen (secondary N) is 3. The summed E-state index contributed by atoms with van der Waals surface area (Å²) in [4.78, 5) is 25.8. The number of carbonyl (C=O) groups excluding carboxylic acids is 2. The smallest absolute Gasteiger partial charge is 0.321 e. The first-order valence-electron chi connectivity index (χ1n) is 7.71. The van der Waals surface area contributed by atoms with E-state index in [2.05, 4.69) is 20.9 Å². The molecule has 114 valence electrons. The van der Waals surface area contributed by atoms with Gasteiger partial charge in [-0.25, -0.2) is 4.79 Å². The Hall–Kier alpha value is -1.14. The van der Waals surface area contributed by atoms with Gasteiger partial charge in [0.2, 0.25) is 5.91 Å². The van der Waals surface area contributed by atoms with E-state index in [1.165, 1.54) is 12.8 Å². The van der Waals surface area contributed by atoms with Crippen molar-refractivity contribution in [3.05, 3.63) is 0 Å². The number of imide groups is 1. The van der Waals surface area contributed by atoms with Gasteiger partial charge in [-0.2, -0.15) is 0 Å². The Bertz CT molecular complexity index is 355. The van der Waals surface area contributed by atoms with E-state index < -0.39 is 6.03 Å². The van der Waals surface area contributed by atoms with Gasteiger partial charge in [0.1, 0.15) is 0 Å². The molecule has 0 radical (unpaired) electrons. The lowest BCUT2D eigenvalue weighted by Crippen LogP contribution is -2.54. The number of urea groups is 1. The van der Waals surface area contributed by atoms with Gasteiger partial charge in [-0.1, -0.05) is 0 Å². The molecule has 3 N–H and O–H groups in total. The molecule has 2 rings (SSSR count). The van der Waals surface area contributed by atoms with Crippen LogP contribution in [0.5, 0.6) is 0 Å². The third-order valence-electron chi connectivity index (χ3n) is 4.36. The Balaban J connectivity index is 1.91. The molecule has 6 nitrogen and oxygen atoms in total. The van der Waals surface area contributed by atoms with Gasteiger partial charge in [0.15, 0.2) is 0 Å².